The zero-order valence-electron chi connectivity index (χ0n) is 18.1. The van der Waals surface area contributed by atoms with Gasteiger partial charge in [-0.25, -0.2) is 0 Å². The number of halogens is 1. The van der Waals surface area contributed by atoms with Gasteiger partial charge in [0.2, 0.25) is 5.91 Å². The first-order chi connectivity index (χ1) is 15.9. The summed E-state index contributed by atoms with van der Waals surface area (Å²) in [5, 5.41) is 8.89. The molecule has 3 heterocycles. The molecule has 2 aromatic heterocycles. The van der Waals surface area contributed by atoms with Crippen LogP contribution in [0.4, 0.5) is 6.01 Å². The predicted octanol–water partition coefficient (Wildman–Crippen LogP) is 3.64. The molecule has 10 heteroatoms. The summed E-state index contributed by atoms with van der Waals surface area (Å²) < 4.78 is 5.80. The van der Waals surface area contributed by atoms with Crippen molar-refractivity contribution < 1.29 is 14.0 Å². The highest BCUT2D eigenvalue weighted by Crippen LogP contribution is 2.27. The number of aryl methyl sites for hydroxylation is 1. The lowest BCUT2D eigenvalue weighted by molar-refractivity contribution is -0.119. The maximum absolute atomic E-state index is 13.6. The maximum Gasteiger partial charge on any atom is 0.305 e. The first-order valence-electron chi connectivity index (χ1n) is 10.6. The van der Waals surface area contributed by atoms with Gasteiger partial charge >= 0.3 is 6.01 Å². The second-order valence-electron chi connectivity index (χ2n) is 8.04. The summed E-state index contributed by atoms with van der Waals surface area (Å²) in [6.45, 7) is 4.38. The molecule has 1 aliphatic heterocycles. The first kappa shape index (κ1) is 21.1. The van der Waals surface area contributed by atoms with Gasteiger partial charge in [0, 0.05) is 30.6 Å². The Bertz CT molecular complexity index is 1350. The Morgan fingerprint density at radius 3 is 2.70 bits per heavy atom. The molecule has 1 aliphatic rings. The van der Waals surface area contributed by atoms with Crippen LogP contribution in [0.1, 0.15) is 29.3 Å². The average Bonchev–Trinajstić information content (AvgIpc) is 3.43. The van der Waals surface area contributed by atoms with Crippen molar-refractivity contribution in [3.8, 4) is 5.69 Å². The lowest BCUT2D eigenvalue weighted by atomic mass is 10.1. The zero-order valence-corrected chi connectivity index (χ0v) is 18.9. The summed E-state index contributed by atoms with van der Waals surface area (Å²) in [6.07, 6.45) is 3.27. The molecule has 0 bridgehead atoms. The number of benzene rings is 2. The van der Waals surface area contributed by atoms with Crippen LogP contribution in [-0.4, -0.2) is 55.8 Å². The van der Waals surface area contributed by atoms with Gasteiger partial charge in [-0.05, 0) is 44.2 Å². The summed E-state index contributed by atoms with van der Waals surface area (Å²) in [6, 6.07) is 10.6. The summed E-state index contributed by atoms with van der Waals surface area (Å²) in [4.78, 5) is 35.7. The number of rotatable bonds is 3. The van der Waals surface area contributed by atoms with Crippen molar-refractivity contribution in [1.29, 1.82) is 0 Å². The van der Waals surface area contributed by atoms with Gasteiger partial charge in [0.15, 0.2) is 5.58 Å². The van der Waals surface area contributed by atoms with Crippen LogP contribution in [0.25, 0.3) is 16.8 Å². The van der Waals surface area contributed by atoms with E-state index in [1.807, 2.05) is 32.0 Å². The van der Waals surface area contributed by atoms with E-state index in [9.17, 15) is 9.59 Å². The molecule has 1 fully saturated rings. The molecule has 4 aromatic rings. The van der Waals surface area contributed by atoms with Crippen molar-refractivity contribution in [2.75, 3.05) is 18.0 Å². The summed E-state index contributed by atoms with van der Waals surface area (Å²) >= 11 is 6.04. The normalized spacial score (nSPS) is 16.9. The van der Waals surface area contributed by atoms with Gasteiger partial charge in [0.05, 0.1) is 23.6 Å². The predicted molar refractivity (Wildman–Crippen MR) is 123 cm³/mol. The van der Waals surface area contributed by atoms with Gasteiger partial charge in [-0.1, -0.05) is 23.2 Å². The van der Waals surface area contributed by atoms with E-state index in [-0.39, 0.29) is 36.8 Å². The summed E-state index contributed by atoms with van der Waals surface area (Å²) in [5.74, 6) is -0.342. The lowest BCUT2D eigenvalue weighted by Crippen LogP contribution is -2.40. The van der Waals surface area contributed by atoms with Crippen molar-refractivity contribution in [2.45, 2.75) is 26.3 Å². The smallest absolute Gasteiger partial charge is 0.305 e. The lowest BCUT2D eigenvalue weighted by Gasteiger charge is -2.27. The van der Waals surface area contributed by atoms with Gasteiger partial charge in [-0.3, -0.25) is 14.5 Å². The minimum Gasteiger partial charge on any atom is -0.423 e. The number of fused-ring (bicyclic) bond motifs is 1. The fourth-order valence-electron chi connectivity index (χ4n) is 4.02. The molecule has 2 aromatic carbocycles. The molecule has 0 aliphatic carbocycles. The number of aromatic nitrogens is 4. The third-order valence-corrected chi connectivity index (χ3v) is 5.95. The van der Waals surface area contributed by atoms with Crippen molar-refractivity contribution in [3.63, 3.8) is 0 Å². The zero-order chi connectivity index (χ0) is 23.1. The molecule has 0 radical (unpaired) electrons. The van der Waals surface area contributed by atoms with Gasteiger partial charge in [-0.2, -0.15) is 20.0 Å². The fraction of sp³-hybridized carbons (Fsp3) is 0.261. The minimum absolute atomic E-state index is 0.145. The second-order valence-corrected chi connectivity index (χ2v) is 8.48. The molecule has 1 unspecified atom stereocenters. The molecule has 33 heavy (non-hydrogen) atoms. The molecule has 0 N–H and O–H groups in total. The SMILES string of the molecule is Cc1ccc(-n2nccn2)c(C(=O)N2CCN(c3nc4cc(Cl)ccc4o3)C(=O)CC2C)c1. The molecule has 0 saturated carbocycles. The van der Waals surface area contributed by atoms with Crippen LogP contribution in [0, 0.1) is 6.92 Å². The molecular weight excluding hydrogens is 444 g/mol. The highest BCUT2D eigenvalue weighted by Gasteiger charge is 2.33. The van der Waals surface area contributed by atoms with Crippen molar-refractivity contribution in [2.24, 2.45) is 0 Å². The summed E-state index contributed by atoms with van der Waals surface area (Å²) in [7, 11) is 0. The fourth-order valence-corrected chi connectivity index (χ4v) is 4.19. The highest BCUT2D eigenvalue weighted by molar-refractivity contribution is 6.31. The number of hydrogen-bond acceptors (Lipinski definition) is 6. The second kappa shape index (κ2) is 8.32. The molecule has 9 nitrogen and oxygen atoms in total. The Hall–Kier alpha value is -3.72. The van der Waals surface area contributed by atoms with Gasteiger partial charge in [0.25, 0.3) is 5.91 Å². The van der Waals surface area contributed by atoms with E-state index < -0.39 is 0 Å². The van der Waals surface area contributed by atoms with Crippen molar-refractivity contribution in [3.05, 3.63) is 64.9 Å². The van der Waals surface area contributed by atoms with E-state index in [1.54, 1.807) is 35.5 Å². The quantitative estimate of drug-likeness (QED) is 0.459. The molecule has 2 amide bonds. The van der Waals surface area contributed by atoms with Crippen LogP contribution in [0.5, 0.6) is 0 Å². The van der Waals surface area contributed by atoms with Crippen LogP contribution in [0.15, 0.2) is 53.2 Å². The van der Waals surface area contributed by atoms with Crippen molar-refractivity contribution in [1.82, 2.24) is 24.9 Å². The van der Waals surface area contributed by atoms with Gasteiger partial charge in [-0.15, -0.1) is 0 Å². The first-order valence-corrected chi connectivity index (χ1v) is 10.9. The third-order valence-electron chi connectivity index (χ3n) is 5.71. The van der Waals surface area contributed by atoms with Crippen LogP contribution < -0.4 is 4.90 Å². The molecule has 5 rings (SSSR count). The van der Waals surface area contributed by atoms with E-state index in [1.165, 1.54) is 9.70 Å². The third kappa shape index (κ3) is 3.95. The molecule has 168 valence electrons. The summed E-state index contributed by atoms with van der Waals surface area (Å²) in [5.41, 5.74) is 3.14. The standard InChI is InChI=1S/C23H21ClN6O3/c1-14-3-5-19(30-25-7-8-26-30)17(11-14)22(32)28-9-10-29(21(31)12-15(28)2)23-27-18-13-16(24)4-6-20(18)33-23/h3-8,11,13,15H,9-10,12H2,1-2H3. The van der Waals surface area contributed by atoms with Gasteiger partial charge < -0.3 is 9.32 Å². The van der Waals surface area contributed by atoms with Crippen molar-refractivity contribution >= 4 is 40.5 Å². The number of carbonyl (C=O) groups excluding carboxylic acids is 2. The van der Waals surface area contributed by atoms with Crippen LogP contribution >= 0.6 is 11.6 Å². The van der Waals surface area contributed by atoms with E-state index in [0.29, 0.717) is 33.9 Å². The largest absolute Gasteiger partial charge is 0.423 e. The minimum atomic E-state index is -0.312. The molecule has 1 atom stereocenters. The Morgan fingerprint density at radius 1 is 1.12 bits per heavy atom. The Morgan fingerprint density at radius 2 is 1.91 bits per heavy atom. The number of nitrogens with zero attached hydrogens (tertiary/aromatic N) is 6. The van der Waals surface area contributed by atoms with E-state index >= 15 is 0 Å². The monoisotopic (exact) mass is 464 g/mol. The van der Waals surface area contributed by atoms with E-state index in [2.05, 4.69) is 15.2 Å². The Balaban J connectivity index is 1.45. The Labute approximate surface area is 194 Å². The topological polar surface area (TPSA) is 97.4 Å². The number of anilines is 1. The van der Waals surface area contributed by atoms with E-state index in [4.69, 9.17) is 16.0 Å². The number of amides is 2. The molecule has 0 spiro atoms. The highest BCUT2D eigenvalue weighted by atomic mass is 35.5. The number of hydrogen-bond donors (Lipinski definition) is 0. The van der Waals surface area contributed by atoms with Crippen LogP contribution in [-0.2, 0) is 4.79 Å². The number of carbonyl (C=O) groups is 2. The van der Waals surface area contributed by atoms with Crippen LogP contribution in [0.3, 0.4) is 0 Å². The Kier molecular flexibility index (Phi) is 5.33. The molecular formula is C23H21ClN6O3. The average molecular weight is 465 g/mol. The van der Waals surface area contributed by atoms with E-state index in [0.717, 1.165) is 5.56 Å². The maximum atomic E-state index is 13.6. The number of oxazole rings is 1. The van der Waals surface area contributed by atoms with Crippen LogP contribution in [0.2, 0.25) is 5.02 Å². The molecule has 1 saturated heterocycles. The van der Waals surface area contributed by atoms with Gasteiger partial charge in [0.1, 0.15) is 5.52 Å².